The molecule has 2 N–H and O–H groups in total. The number of aromatic nitrogens is 2. The molecule has 4 nitrogen and oxygen atoms in total. The summed E-state index contributed by atoms with van der Waals surface area (Å²) in [5, 5.41) is 15.9. The lowest BCUT2D eigenvalue weighted by molar-refractivity contribution is -0.00634. The van der Waals surface area contributed by atoms with E-state index in [1.807, 2.05) is 22.2 Å². The van der Waals surface area contributed by atoms with Gasteiger partial charge in [-0.3, -0.25) is 4.40 Å². The zero-order chi connectivity index (χ0) is 13.3. The quantitative estimate of drug-likeness (QED) is 0.903. The van der Waals surface area contributed by atoms with E-state index in [1.165, 1.54) is 0 Å². The fourth-order valence-electron chi connectivity index (χ4n) is 2.76. The van der Waals surface area contributed by atoms with Crippen molar-refractivity contribution in [3.63, 3.8) is 0 Å². The molecule has 0 spiro atoms. The van der Waals surface area contributed by atoms with E-state index in [1.54, 1.807) is 11.3 Å². The molecule has 1 saturated carbocycles. The Balaban J connectivity index is 1.51. The second-order valence-electron chi connectivity index (χ2n) is 5.84. The summed E-state index contributed by atoms with van der Waals surface area (Å²) in [6, 6.07) is 0. The van der Waals surface area contributed by atoms with Crippen LogP contribution in [0.5, 0.6) is 0 Å². The number of hydrogen-bond acceptors (Lipinski definition) is 4. The molecule has 5 heteroatoms. The van der Waals surface area contributed by atoms with Crippen LogP contribution in [0, 0.1) is 5.92 Å². The van der Waals surface area contributed by atoms with Crippen LogP contribution < -0.4 is 5.32 Å². The minimum Gasteiger partial charge on any atom is -0.389 e. The van der Waals surface area contributed by atoms with E-state index in [9.17, 15) is 5.11 Å². The average Bonchev–Trinajstić information content (AvgIpc) is 2.94. The molecule has 2 heterocycles. The first kappa shape index (κ1) is 13.1. The Morgan fingerprint density at radius 2 is 2.32 bits per heavy atom. The molecular weight excluding hydrogens is 258 g/mol. The SMILES string of the molecule is CC1CCC(O)(CNCc2cn3ccsc3n2)CC1. The predicted molar refractivity (Wildman–Crippen MR) is 77.4 cm³/mol. The first-order valence-electron chi connectivity index (χ1n) is 6.99. The van der Waals surface area contributed by atoms with Crippen LogP contribution in [-0.4, -0.2) is 26.6 Å². The van der Waals surface area contributed by atoms with E-state index in [0.29, 0.717) is 6.54 Å². The number of nitrogens with zero attached hydrogens (tertiary/aromatic N) is 2. The van der Waals surface area contributed by atoms with Gasteiger partial charge in [0.25, 0.3) is 0 Å². The molecule has 19 heavy (non-hydrogen) atoms. The standard InChI is InChI=1S/C14H21N3OS/c1-11-2-4-14(18,5-3-11)10-15-8-12-9-17-6-7-19-13(17)16-12/h6-7,9,11,15,18H,2-5,8,10H2,1H3. The summed E-state index contributed by atoms with van der Waals surface area (Å²) in [7, 11) is 0. The van der Waals surface area contributed by atoms with E-state index < -0.39 is 5.60 Å². The van der Waals surface area contributed by atoms with Crippen LogP contribution in [0.25, 0.3) is 4.96 Å². The Morgan fingerprint density at radius 3 is 3.05 bits per heavy atom. The topological polar surface area (TPSA) is 49.6 Å². The van der Waals surface area contributed by atoms with Gasteiger partial charge < -0.3 is 10.4 Å². The van der Waals surface area contributed by atoms with E-state index in [4.69, 9.17) is 0 Å². The van der Waals surface area contributed by atoms with Gasteiger partial charge in [0, 0.05) is 30.9 Å². The van der Waals surface area contributed by atoms with Gasteiger partial charge in [-0.25, -0.2) is 4.98 Å². The molecule has 1 fully saturated rings. The largest absolute Gasteiger partial charge is 0.389 e. The zero-order valence-electron chi connectivity index (χ0n) is 11.3. The van der Waals surface area contributed by atoms with Gasteiger partial charge in [0.1, 0.15) is 0 Å². The van der Waals surface area contributed by atoms with Gasteiger partial charge in [-0.2, -0.15) is 0 Å². The van der Waals surface area contributed by atoms with Crippen LogP contribution >= 0.6 is 11.3 Å². The van der Waals surface area contributed by atoms with Crippen LogP contribution in [0.15, 0.2) is 17.8 Å². The molecule has 2 aromatic heterocycles. The molecule has 2 aromatic rings. The Kier molecular flexibility index (Phi) is 3.60. The third-order valence-electron chi connectivity index (χ3n) is 4.11. The summed E-state index contributed by atoms with van der Waals surface area (Å²) in [4.78, 5) is 5.56. The second-order valence-corrected chi connectivity index (χ2v) is 6.71. The normalized spacial score (nSPS) is 28.0. The third kappa shape index (κ3) is 2.99. The smallest absolute Gasteiger partial charge is 0.193 e. The minimum atomic E-state index is -0.510. The fourth-order valence-corrected chi connectivity index (χ4v) is 3.48. The first-order chi connectivity index (χ1) is 9.15. The highest BCUT2D eigenvalue weighted by atomic mass is 32.1. The molecule has 0 amide bonds. The highest BCUT2D eigenvalue weighted by molar-refractivity contribution is 7.15. The highest BCUT2D eigenvalue weighted by Crippen LogP contribution is 2.31. The van der Waals surface area contributed by atoms with Crippen molar-refractivity contribution >= 4 is 16.3 Å². The van der Waals surface area contributed by atoms with Crippen LogP contribution in [0.2, 0.25) is 0 Å². The van der Waals surface area contributed by atoms with E-state index in [0.717, 1.165) is 48.8 Å². The molecule has 0 atom stereocenters. The average molecular weight is 279 g/mol. The van der Waals surface area contributed by atoms with Crippen LogP contribution in [0.3, 0.4) is 0 Å². The molecule has 0 saturated heterocycles. The number of fused-ring (bicyclic) bond motifs is 1. The molecule has 3 rings (SSSR count). The molecule has 0 aromatic carbocycles. The Hall–Kier alpha value is -0.910. The number of hydrogen-bond donors (Lipinski definition) is 2. The molecule has 104 valence electrons. The summed E-state index contributed by atoms with van der Waals surface area (Å²) in [6.07, 6.45) is 8.17. The zero-order valence-corrected chi connectivity index (χ0v) is 12.1. The maximum absolute atomic E-state index is 10.5. The summed E-state index contributed by atoms with van der Waals surface area (Å²) < 4.78 is 2.04. The third-order valence-corrected chi connectivity index (χ3v) is 4.88. The fraction of sp³-hybridized carbons (Fsp3) is 0.643. The summed E-state index contributed by atoms with van der Waals surface area (Å²) in [6.45, 7) is 3.67. The van der Waals surface area contributed by atoms with Gasteiger partial charge in [0.2, 0.25) is 0 Å². The minimum absolute atomic E-state index is 0.510. The number of rotatable bonds is 4. The molecule has 0 bridgehead atoms. The summed E-state index contributed by atoms with van der Waals surface area (Å²) >= 11 is 1.64. The van der Waals surface area contributed by atoms with Crippen molar-refractivity contribution in [2.45, 2.75) is 44.8 Å². The number of imidazole rings is 1. The number of thiazole rings is 1. The van der Waals surface area contributed by atoms with Gasteiger partial charge in [0.15, 0.2) is 4.96 Å². The van der Waals surface area contributed by atoms with Crippen molar-refractivity contribution in [2.24, 2.45) is 5.92 Å². The van der Waals surface area contributed by atoms with Gasteiger partial charge in [-0.1, -0.05) is 6.92 Å². The Labute approximate surface area is 117 Å². The second kappa shape index (κ2) is 5.23. The maximum atomic E-state index is 10.5. The van der Waals surface area contributed by atoms with Gasteiger partial charge in [-0.15, -0.1) is 11.3 Å². The lowest BCUT2D eigenvalue weighted by atomic mass is 9.79. The predicted octanol–water partition coefficient (Wildman–Crippen LogP) is 2.43. The number of aliphatic hydroxyl groups is 1. The van der Waals surface area contributed by atoms with Crippen LogP contribution in [0.4, 0.5) is 0 Å². The molecule has 1 aliphatic rings. The van der Waals surface area contributed by atoms with Crippen molar-refractivity contribution in [1.29, 1.82) is 0 Å². The summed E-state index contributed by atoms with van der Waals surface area (Å²) in [5.74, 6) is 0.764. The lowest BCUT2D eigenvalue weighted by Crippen LogP contribution is -2.43. The molecule has 1 aliphatic carbocycles. The van der Waals surface area contributed by atoms with E-state index >= 15 is 0 Å². The van der Waals surface area contributed by atoms with Crippen molar-refractivity contribution in [2.75, 3.05) is 6.54 Å². The Bertz CT molecular complexity index is 511. The van der Waals surface area contributed by atoms with Crippen molar-refractivity contribution in [1.82, 2.24) is 14.7 Å². The summed E-state index contributed by atoms with van der Waals surface area (Å²) in [5.41, 5.74) is 0.531. The van der Waals surface area contributed by atoms with Crippen molar-refractivity contribution in [3.05, 3.63) is 23.5 Å². The molecule has 0 radical (unpaired) electrons. The monoisotopic (exact) mass is 279 g/mol. The van der Waals surface area contributed by atoms with E-state index in [2.05, 4.69) is 17.2 Å². The van der Waals surface area contributed by atoms with Crippen LogP contribution in [-0.2, 0) is 6.54 Å². The molecule has 0 aliphatic heterocycles. The lowest BCUT2D eigenvalue weighted by Gasteiger charge is -2.35. The van der Waals surface area contributed by atoms with Crippen molar-refractivity contribution < 1.29 is 5.11 Å². The van der Waals surface area contributed by atoms with Crippen molar-refractivity contribution in [3.8, 4) is 0 Å². The van der Waals surface area contributed by atoms with Crippen LogP contribution in [0.1, 0.15) is 38.3 Å². The van der Waals surface area contributed by atoms with Gasteiger partial charge in [-0.05, 0) is 31.6 Å². The van der Waals surface area contributed by atoms with Gasteiger partial charge >= 0.3 is 0 Å². The number of nitrogens with one attached hydrogen (secondary N) is 1. The van der Waals surface area contributed by atoms with Gasteiger partial charge in [0.05, 0.1) is 11.3 Å². The highest BCUT2D eigenvalue weighted by Gasteiger charge is 2.31. The molecule has 0 unspecified atom stereocenters. The maximum Gasteiger partial charge on any atom is 0.193 e. The first-order valence-corrected chi connectivity index (χ1v) is 7.87. The molecular formula is C14H21N3OS. The Morgan fingerprint density at radius 1 is 1.53 bits per heavy atom. The van der Waals surface area contributed by atoms with E-state index in [-0.39, 0.29) is 0 Å².